The molecule has 5 nitrogen and oxygen atoms in total. The van der Waals surface area contributed by atoms with Gasteiger partial charge < -0.3 is 9.47 Å². The van der Waals surface area contributed by atoms with Crippen LogP contribution < -0.4 is 14.4 Å². The predicted molar refractivity (Wildman–Crippen MR) is 139 cm³/mol. The number of hydrogen-bond donors (Lipinski definition) is 0. The van der Waals surface area contributed by atoms with Crippen molar-refractivity contribution in [3.8, 4) is 11.5 Å². The van der Waals surface area contributed by atoms with Crippen LogP contribution in [0.1, 0.15) is 11.1 Å². The van der Waals surface area contributed by atoms with Gasteiger partial charge >= 0.3 is 0 Å². The zero-order valence-electron chi connectivity index (χ0n) is 17.5. The second kappa shape index (κ2) is 10.5. The van der Waals surface area contributed by atoms with E-state index in [0.717, 1.165) is 22.2 Å². The lowest BCUT2D eigenvalue weighted by Gasteiger charge is -2.14. The maximum atomic E-state index is 12.9. The maximum Gasteiger partial charge on any atom is 0.298 e. The lowest BCUT2D eigenvalue weighted by Crippen LogP contribution is -2.27. The van der Waals surface area contributed by atoms with Crippen LogP contribution in [0.5, 0.6) is 11.5 Å². The minimum Gasteiger partial charge on any atom is -0.493 e. The number of halogens is 4. The molecule has 0 atom stereocenters. The third kappa shape index (κ3) is 5.32. The number of methoxy groups -OCH3 is 1. The van der Waals surface area contributed by atoms with Crippen LogP contribution >= 0.6 is 58.2 Å². The second-order valence-corrected chi connectivity index (χ2v) is 9.73. The Labute approximate surface area is 220 Å². The van der Waals surface area contributed by atoms with Crippen molar-refractivity contribution in [2.75, 3.05) is 12.0 Å². The fourth-order valence-electron chi connectivity index (χ4n) is 3.18. The molecule has 0 unspecified atom stereocenters. The van der Waals surface area contributed by atoms with Crippen molar-refractivity contribution in [2.45, 2.75) is 6.61 Å². The number of nitrogens with zero attached hydrogens (tertiary/aromatic N) is 1. The van der Waals surface area contributed by atoms with Gasteiger partial charge in [0, 0.05) is 20.6 Å². The highest BCUT2D eigenvalue weighted by atomic mass is 35.5. The highest BCUT2D eigenvalue weighted by Gasteiger charge is 2.36. The third-order valence-electron chi connectivity index (χ3n) is 4.82. The van der Waals surface area contributed by atoms with Gasteiger partial charge in [-0.3, -0.25) is 9.59 Å². The first-order valence-electron chi connectivity index (χ1n) is 9.74. The first-order valence-corrected chi connectivity index (χ1v) is 12.1. The Kier molecular flexibility index (Phi) is 7.65. The Morgan fingerprint density at radius 1 is 0.912 bits per heavy atom. The number of amides is 2. The monoisotopic (exact) mass is 553 g/mol. The topological polar surface area (TPSA) is 55.8 Å². The van der Waals surface area contributed by atoms with Gasteiger partial charge in [0.1, 0.15) is 6.61 Å². The molecule has 10 heteroatoms. The second-order valence-electron chi connectivity index (χ2n) is 7.05. The van der Waals surface area contributed by atoms with Gasteiger partial charge in [-0.05, 0) is 71.9 Å². The van der Waals surface area contributed by atoms with E-state index in [-0.39, 0.29) is 16.5 Å². The van der Waals surface area contributed by atoms with E-state index in [1.807, 2.05) is 0 Å². The molecule has 1 fully saturated rings. The Bertz CT molecular complexity index is 1310. The van der Waals surface area contributed by atoms with Crippen molar-refractivity contribution in [1.82, 2.24) is 0 Å². The summed E-state index contributed by atoms with van der Waals surface area (Å²) in [5.74, 6) is 0.243. The molecule has 1 aliphatic rings. The number of hydrogen-bond acceptors (Lipinski definition) is 5. The summed E-state index contributed by atoms with van der Waals surface area (Å²) in [5, 5.41) is 1.36. The molecule has 3 aromatic carbocycles. The van der Waals surface area contributed by atoms with E-state index in [4.69, 9.17) is 55.9 Å². The molecular weight excluding hydrogens is 540 g/mol. The average molecular weight is 555 g/mol. The number of benzene rings is 3. The molecule has 1 aliphatic heterocycles. The van der Waals surface area contributed by atoms with E-state index < -0.39 is 11.1 Å². The normalized spacial score (nSPS) is 14.7. The van der Waals surface area contributed by atoms with Gasteiger partial charge in [-0.1, -0.05) is 52.5 Å². The van der Waals surface area contributed by atoms with Crippen molar-refractivity contribution in [3.05, 3.63) is 90.7 Å². The van der Waals surface area contributed by atoms with E-state index in [9.17, 15) is 9.59 Å². The molecular formula is C24H15Cl4NO4S. The number of thioether (sulfide) groups is 1. The first-order chi connectivity index (χ1) is 16.3. The van der Waals surface area contributed by atoms with Crippen molar-refractivity contribution >= 4 is 81.1 Å². The summed E-state index contributed by atoms with van der Waals surface area (Å²) in [5.41, 5.74) is 1.74. The smallest absolute Gasteiger partial charge is 0.298 e. The molecule has 4 rings (SSSR count). The Hall–Kier alpha value is -2.35. The van der Waals surface area contributed by atoms with E-state index in [2.05, 4.69) is 0 Å². The number of carbonyl (C=O) groups is 2. The Morgan fingerprint density at radius 3 is 2.29 bits per heavy atom. The van der Waals surface area contributed by atoms with Crippen LogP contribution in [0.4, 0.5) is 10.5 Å². The fraction of sp³-hybridized carbons (Fsp3) is 0.0833. The standard InChI is InChI=1S/C24H15Cl4NO4S/c1-32-20-9-13(8-19(28)22(20)33-12-14-2-3-16(26)11-18(14)27)10-21-23(30)29(24(31)34-21)17-6-4-15(25)5-7-17/h2-11H,12H2,1H3/b21-10+. The molecule has 0 aliphatic carbocycles. The van der Waals surface area contributed by atoms with Gasteiger partial charge in [0.15, 0.2) is 11.5 Å². The molecule has 174 valence electrons. The molecule has 1 saturated heterocycles. The van der Waals surface area contributed by atoms with Crippen LogP contribution in [0.15, 0.2) is 59.5 Å². The lowest BCUT2D eigenvalue weighted by molar-refractivity contribution is -0.113. The van der Waals surface area contributed by atoms with Crippen molar-refractivity contribution in [3.63, 3.8) is 0 Å². The van der Waals surface area contributed by atoms with Gasteiger partial charge in [0.05, 0.1) is 22.7 Å². The zero-order valence-corrected chi connectivity index (χ0v) is 21.3. The quantitative estimate of drug-likeness (QED) is 0.288. The summed E-state index contributed by atoms with van der Waals surface area (Å²) < 4.78 is 11.3. The first kappa shape index (κ1) is 24.8. The molecule has 2 amide bonds. The molecule has 0 aromatic heterocycles. The number of imide groups is 1. The van der Waals surface area contributed by atoms with E-state index >= 15 is 0 Å². The van der Waals surface area contributed by atoms with Crippen LogP contribution in [-0.4, -0.2) is 18.3 Å². The summed E-state index contributed by atoms with van der Waals surface area (Å²) in [4.78, 5) is 26.7. The minimum atomic E-state index is -0.440. The lowest BCUT2D eigenvalue weighted by atomic mass is 10.1. The average Bonchev–Trinajstić information content (AvgIpc) is 3.07. The number of rotatable bonds is 6. The summed E-state index contributed by atoms with van der Waals surface area (Å²) >= 11 is 25.3. The van der Waals surface area contributed by atoms with E-state index in [0.29, 0.717) is 37.8 Å². The summed E-state index contributed by atoms with van der Waals surface area (Å²) in [6.45, 7) is 0.144. The van der Waals surface area contributed by atoms with Crippen LogP contribution in [-0.2, 0) is 11.4 Å². The third-order valence-corrected chi connectivity index (χ3v) is 6.80. The van der Waals surface area contributed by atoms with Crippen molar-refractivity contribution in [2.24, 2.45) is 0 Å². The fourth-order valence-corrected chi connectivity index (χ4v) is 4.89. The van der Waals surface area contributed by atoms with E-state index in [1.165, 1.54) is 7.11 Å². The summed E-state index contributed by atoms with van der Waals surface area (Å²) in [6, 6.07) is 14.8. The maximum absolute atomic E-state index is 12.9. The number of carbonyl (C=O) groups excluding carboxylic acids is 2. The predicted octanol–water partition coefficient (Wildman–Crippen LogP) is 8.13. The SMILES string of the molecule is COc1cc(/C=C2/SC(=O)N(c3ccc(Cl)cc3)C2=O)cc(Cl)c1OCc1ccc(Cl)cc1Cl. The molecule has 0 N–H and O–H groups in total. The van der Waals surface area contributed by atoms with Crippen LogP contribution in [0.2, 0.25) is 20.1 Å². The summed E-state index contributed by atoms with van der Waals surface area (Å²) in [7, 11) is 1.48. The Balaban J connectivity index is 1.58. The summed E-state index contributed by atoms with van der Waals surface area (Å²) in [6.07, 6.45) is 1.58. The van der Waals surface area contributed by atoms with Gasteiger partial charge in [-0.25, -0.2) is 4.90 Å². The van der Waals surface area contributed by atoms with Crippen molar-refractivity contribution < 1.29 is 19.1 Å². The molecule has 0 spiro atoms. The molecule has 3 aromatic rings. The number of ether oxygens (including phenoxy) is 2. The molecule has 0 radical (unpaired) electrons. The van der Waals surface area contributed by atoms with Gasteiger partial charge in [-0.15, -0.1) is 0 Å². The zero-order chi connectivity index (χ0) is 24.4. The highest BCUT2D eigenvalue weighted by Crippen LogP contribution is 2.40. The molecule has 34 heavy (non-hydrogen) atoms. The highest BCUT2D eigenvalue weighted by molar-refractivity contribution is 8.19. The number of anilines is 1. The Morgan fingerprint density at radius 2 is 1.62 bits per heavy atom. The molecule has 0 saturated carbocycles. The largest absolute Gasteiger partial charge is 0.493 e. The molecule has 0 bridgehead atoms. The van der Waals surface area contributed by atoms with E-state index in [1.54, 1.807) is 60.7 Å². The van der Waals surface area contributed by atoms with Gasteiger partial charge in [0.25, 0.3) is 11.1 Å². The molecule has 1 heterocycles. The van der Waals surface area contributed by atoms with Gasteiger partial charge in [0.2, 0.25) is 0 Å². The minimum absolute atomic E-state index is 0.144. The van der Waals surface area contributed by atoms with Crippen molar-refractivity contribution in [1.29, 1.82) is 0 Å². The van der Waals surface area contributed by atoms with Gasteiger partial charge in [-0.2, -0.15) is 0 Å². The van der Waals surface area contributed by atoms with Crippen LogP contribution in [0, 0.1) is 0 Å². The van der Waals surface area contributed by atoms with Crippen LogP contribution in [0.25, 0.3) is 6.08 Å². The van der Waals surface area contributed by atoms with Crippen LogP contribution in [0.3, 0.4) is 0 Å².